The number of hydrogen-bond donors (Lipinski definition) is 4. The second kappa shape index (κ2) is 17.9. The predicted molar refractivity (Wildman–Crippen MR) is 186 cm³/mol. The van der Waals surface area contributed by atoms with Crippen molar-refractivity contribution < 1.29 is 29.0 Å². The number of aromatic nitrogens is 5. The van der Waals surface area contributed by atoms with E-state index in [0.717, 1.165) is 43.9 Å². The highest BCUT2D eigenvalue weighted by Crippen LogP contribution is 2.29. The highest BCUT2D eigenvalue weighted by molar-refractivity contribution is 5.99. The number of aryl methyl sites for hydroxylation is 3. The SMILES string of the molecule is COc1ccc2cc1OCc1cn(nn1)CCCN(Cc1c(C)nn(C)c1C)CCCCNC(=O)[C@H]([C@@H](C)O)NC(=O)[C@@H](CC(C)C)NC2=O. The average molecular weight is 696 g/mol. The molecule has 50 heavy (non-hydrogen) atoms. The van der Waals surface area contributed by atoms with Crippen LogP contribution in [0.1, 0.15) is 79.5 Å². The normalized spacial score (nSPS) is 19.9. The smallest absolute Gasteiger partial charge is 0.252 e. The summed E-state index contributed by atoms with van der Waals surface area (Å²) < 4.78 is 15.2. The maximum absolute atomic E-state index is 13.5. The van der Waals surface area contributed by atoms with Crippen LogP contribution in [0.2, 0.25) is 0 Å². The van der Waals surface area contributed by atoms with Crippen molar-refractivity contribution in [2.75, 3.05) is 26.7 Å². The second-order valence-corrected chi connectivity index (χ2v) is 13.4. The molecule has 15 heteroatoms. The number of ether oxygens (including phenoxy) is 2. The summed E-state index contributed by atoms with van der Waals surface area (Å²) in [5, 5.41) is 32.0. The number of amides is 3. The Morgan fingerprint density at radius 2 is 1.80 bits per heavy atom. The van der Waals surface area contributed by atoms with Gasteiger partial charge in [-0.1, -0.05) is 19.1 Å². The molecule has 3 aromatic rings. The Bertz CT molecular complexity index is 1600. The van der Waals surface area contributed by atoms with E-state index in [1.807, 2.05) is 38.7 Å². The van der Waals surface area contributed by atoms with Gasteiger partial charge in [-0.25, -0.2) is 0 Å². The first-order chi connectivity index (χ1) is 23.9. The fourth-order valence-corrected chi connectivity index (χ4v) is 5.98. The number of carbonyl (C=O) groups is 3. The summed E-state index contributed by atoms with van der Waals surface area (Å²) in [5.41, 5.74) is 4.22. The van der Waals surface area contributed by atoms with E-state index in [1.165, 1.54) is 19.6 Å². The molecule has 0 spiro atoms. The standard InChI is InChI=1S/C35H53N9O6/c1-22(2)17-29-34(47)38-32(25(5)45)35(48)36-13-8-9-14-43(20-28-23(3)40-42(6)24(28)4)15-10-16-44-19-27(39-41-44)21-50-31-18-26(33(46)37-29)11-12-30(31)49-7/h11-12,18-19,22,25,29,32,45H,8-10,13-17,20-21H2,1-7H3,(H,36,48)(H,37,46)(H,38,47)/t25-,29-,32+/m1/s1. The van der Waals surface area contributed by atoms with E-state index in [0.29, 0.717) is 43.1 Å². The van der Waals surface area contributed by atoms with Gasteiger partial charge >= 0.3 is 0 Å². The topological polar surface area (TPSA) is 178 Å². The van der Waals surface area contributed by atoms with E-state index in [9.17, 15) is 19.5 Å². The molecule has 4 rings (SSSR count). The first kappa shape index (κ1) is 38.3. The molecule has 1 aromatic carbocycles. The zero-order valence-electron chi connectivity index (χ0n) is 30.4. The zero-order valence-corrected chi connectivity index (χ0v) is 30.4. The highest BCUT2D eigenvalue weighted by Gasteiger charge is 2.30. The number of methoxy groups -OCH3 is 1. The molecular weight excluding hydrogens is 642 g/mol. The third kappa shape index (κ3) is 10.5. The molecule has 0 unspecified atom stereocenters. The van der Waals surface area contributed by atoms with Gasteiger partial charge in [-0.05, 0) is 77.1 Å². The van der Waals surface area contributed by atoms with E-state index in [-0.39, 0.29) is 18.1 Å². The molecule has 2 aromatic heterocycles. The van der Waals surface area contributed by atoms with Gasteiger partial charge in [-0.15, -0.1) is 5.10 Å². The monoisotopic (exact) mass is 695 g/mol. The molecule has 274 valence electrons. The van der Waals surface area contributed by atoms with E-state index < -0.39 is 35.9 Å². The molecule has 0 saturated heterocycles. The van der Waals surface area contributed by atoms with Gasteiger partial charge in [0.05, 0.1) is 25.1 Å². The van der Waals surface area contributed by atoms with Crippen molar-refractivity contribution in [3.05, 3.63) is 52.6 Å². The predicted octanol–water partition coefficient (Wildman–Crippen LogP) is 2.03. The van der Waals surface area contributed by atoms with Crippen LogP contribution in [0.5, 0.6) is 11.5 Å². The fraction of sp³-hybridized carbons (Fsp3) is 0.600. The first-order valence-electron chi connectivity index (χ1n) is 17.3. The Labute approximate surface area is 294 Å². The van der Waals surface area contributed by atoms with Crippen LogP contribution in [-0.4, -0.2) is 97.4 Å². The number of fused-ring (bicyclic) bond motifs is 4. The van der Waals surface area contributed by atoms with Gasteiger partial charge in [-0.3, -0.25) is 28.6 Å². The lowest BCUT2D eigenvalue weighted by Gasteiger charge is -2.26. The molecule has 0 radical (unpaired) electrons. The summed E-state index contributed by atoms with van der Waals surface area (Å²) in [6.07, 6.45) is 3.36. The molecule has 3 amide bonds. The van der Waals surface area contributed by atoms with E-state index in [2.05, 4.69) is 43.2 Å². The summed E-state index contributed by atoms with van der Waals surface area (Å²) in [6, 6.07) is 2.60. The van der Waals surface area contributed by atoms with Gasteiger partial charge < -0.3 is 30.5 Å². The number of hydrogen-bond acceptors (Lipinski definition) is 10. The number of aliphatic hydroxyl groups is 1. The molecule has 0 saturated carbocycles. The van der Waals surface area contributed by atoms with Gasteiger partial charge in [0.25, 0.3) is 5.91 Å². The molecular formula is C35H53N9O6. The largest absolute Gasteiger partial charge is 0.493 e. The minimum Gasteiger partial charge on any atom is -0.493 e. The Balaban J connectivity index is 1.57. The van der Waals surface area contributed by atoms with Crippen LogP contribution in [0.15, 0.2) is 24.4 Å². The van der Waals surface area contributed by atoms with Crippen molar-refractivity contribution in [3.8, 4) is 11.5 Å². The van der Waals surface area contributed by atoms with Crippen LogP contribution >= 0.6 is 0 Å². The number of aliphatic hydroxyl groups excluding tert-OH is 1. The van der Waals surface area contributed by atoms with Gasteiger partial charge in [-0.2, -0.15) is 5.10 Å². The minimum atomic E-state index is -1.19. The summed E-state index contributed by atoms with van der Waals surface area (Å²) in [7, 11) is 3.46. The van der Waals surface area contributed by atoms with Crippen molar-refractivity contribution in [2.45, 2.75) is 98.2 Å². The van der Waals surface area contributed by atoms with Crippen LogP contribution in [0.3, 0.4) is 0 Å². The van der Waals surface area contributed by atoms with Gasteiger partial charge in [0.2, 0.25) is 11.8 Å². The number of carbonyl (C=O) groups excluding carboxylic acids is 3. The summed E-state index contributed by atoms with van der Waals surface area (Å²) in [4.78, 5) is 42.5. The maximum atomic E-state index is 13.5. The quantitative estimate of drug-likeness (QED) is 0.298. The molecule has 4 bridgehead atoms. The summed E-state index contributed by atoms with van der Waals surface area (Å²) in [6.45, 7) is 12.9. The Kier molecular flexibility index (Phi) is 13.7. The Morgan fingerprint density at radius 1 is 1.04 bits per heavy atom. The fourth-order valence-electron chi connectivity index (χ4n) is 5.98. The van der Waals surface area contributed by atoms with Crippen molar-refractivity contribution >= 4 is 17.7 Å². The van der Waals surface area contributed by atoms with Crippen molar-refractivity contribution in [1.82, 2.24) is 45.6 Å². The van der Waals surface area contributed by atoms with Gasteiger partial charge in [0.15, 0.2) is 11.5 Å². The maximum Gasteiger partial charge on any atom is 0.252 e. The average Bonchev–Trinajstić information content (AvgIpc) is 3.62. The lowest BCUT2D eigenvalue weighted by Crippen LogP contribution is -2.57. The molecule has 0 fully saturated rings. The molecule has 1 aliphatic heterocycles. The molecule has 15 nitrogen and oxygen atoms in total. The van der Waals surface area contributed by atoms with Crippen LogP contribution < -0.4 is 25.4 Å². The molecule has 0 aliphatic carbocycles. The third-order valence-corrected chi connectivity index (χ3v) is 8.88. The van der Waals surface area contributed by atoms with Crippen molar-refractivity contribution in [1.29, 1.82) is 0 Å². The van der Waals surface area contributed by atoms with E-state index >= 15 is 0 Å². The van der Waals surface area contributed by atoms with Crippen molar-refractivity contribution in [2.24, 2.45) is 13.0 Å². The number of rotatable bonds is 6. The minimum absolute atomic E-state index is 0.0467. The summed E-state index contributed by atoms with van der Waals surface area (Å²) in [5.74, 6) is -0.745. The molecule has 3 atom stereocenters. The lowest BCUT2D eigenvalue weighted by molar-refractivity contribution is -0.132. The van der Waals surface area contributed by atoms with Crippen molar-refractivity contribution in [3.63, 3.8) is 0 Å². The lowest BCUT2D eigenvalue weighted by atomic mass is 10.0. The second-order valence-electron chi connectivity index (χ2n) is 13.4. The first-order valence-corrected chi connectivity index (χ1v) is 17.3. The number of nitrogens with zero attached hydrogens (tertiary/aromatic N) is 6. The molecule has 4 N–H and O–H groups in total. The van der Waals surface area contributed by atoms with Crippen LogP contribution in [0.4, 0.5) is 0 Å². The van der Waals surface area contributed by atoms with Crippen LogP contribution in [0, 0.1) is 19.8 Å². The Morgan fingerprint density at radius 3 is 2.48 bits per heavy atom. The molecule has 3 heterocycles. The highest BCUT2D eigenvalue weighted by atomic mass is 16.5. The van der Waals surface area contributed by atoms with Crippen LogP contribution in [-0.2, 0) is 36.3 Å². The number of benzene rings is 1. The van der Waals surface area contributed by atoms with Crippen LogP contribution in [0.25, 0.3) is 0 Å². The van der Waals surface area contributed by atoms with E-state index in [1.54, 1.807) is 22.9 Å². The third-order valence-electron chi connectivity index (χ3n) is 8.88. The molecule has 1 aliphatic rings. The van der Waals surface area contributed by atoms with E-state index in [4.69, 9.17) is 9.47 Å². The Hall–Kier alpha value is -4.50. The zero-order chi connectivity index (χ0) is 36.4. The summed E-state index contributed by atoms with van der Waals surface area (Å²) >= 11 is 0. The van der Waals surface area contributed by atoms with Gasteiger partial charge in [0.1, 0.15) is 24.4 Å². The number of nitrogens with one attached hydrogen (secondary N) is 3. The van der Waals surface area contributed by atoms with Gasteiger partial charge in [0, 0.05) is 50.0 Å².